The fraction of sp³-hybridized carbons (Fsp3) is 0.938. The van der Waals surface area contributed by atoms with E-state index in [2.05, 4.69) is 10.2 Å². The lowest BCUT2D eigenvalue weighted by molar-refractivity contribution is -0.140. The first kappa shape index (κ1) is 14.6. The topological polar surface area (TPSA) is 32.3 Å². The molecule has 0 spiro atoms. The second-order valence-corrected chi connectivity index (χ2v) is 7.73. The lowest BCUT2D eigenvalue weighted by atomic mass is 9.49. The standard InChI is InChI=1S/C16H26N2O.ClH/c19-15(18-3-1-17-2-4-18)11-16-8-12-5-13(9-16)7-14(6-12)10-16;/h12-14,17H,1-11H2;1H. The van der Waals surface area contributed by atoms with Crippen molar-refractivity contribution in [2.75, 3.05) is 26.2 Å². The zero-order valence-corrected chi connectivity index (χ0v) is 13.1. The Labute approximate surface area is 128 Å². The molecular weight excluding hydrogens is 272 g/mol. The Morgan fingerprint density at radius 1 is 1.00 bits per heavy atom. The summed E-state index contributed by atoms with van der Waals surface area (Å²) in [7, 11) is 0. The summed E-state index contributed by atoms with van der Waals surface area (Å²) in [5, 5.41) is 3.34. The summed E-state index contributed by atoms with van der Waals surface area (Å²) in [4.78, 5) is 14.7. The first-order chi connectivity index (χ1) is 9.22. The summed E-state index contributed by atoms with van der Waals surface area (Å²) >= 11 is 0. The van der Waals surface area contributed by atoms with Crippen molar-refractivity contribution in [3.05, 3.63) is 0 Å². The molecule has 5 fully saturated rings. The number of rotatable bonds is 2. The van der Waals surface area contributed by atoms with Gasteiger partial charge in [0.2, 0.25) is 5.91 Å². The average molecular weight is 299 g/mol. The van der Waals surface area contributed by atoms with Gasteiger partial charge in [-0.2, -0.15) is 0 Å². The monoisotopic (exact) mass is 298 g/mol. The third-order valence-corrected chi connectivity index (χ3v) is 6.16. The van der Waals surface area contributed by atoms with Crippen LogP contribution in [0.3, 0.4) is 0 Å². The molecule has 4 heteroatoms. The maximum atomic E-state index is 12.6. The van der Waals surface area contributed by atoms with Crippen LogP contribution in [0.25, 0.3) is 0 Å². The molecule has 0 aromatic heterocycles. The van der Waals surface area contributed by atoms with Gasteiger partial charge in [0, 0.05) is 32.6 Å². The molecule has 5 rings (SSSR count). The van der Waals surface area contributed by atoms with Gasteiger partial charge in [-0.3, -0.25) is 4.79 Å². The van der Waals surface area contributed by atoms with Crippen LogP contribution in [-0.2, 0) is 4.79 Å². The fourth-order valence-corrected chi connectivity index (χ4v) is 5.85. The Morgan fingerprint density at radius 3 is 2.00 bits per heavy atom. The molecule has 4 saturated carbocycles. The zero-order chi connectivity index (χ0) is 12.9. The molecule has 5 aliphatic rings. The van der Waals surface area contributed by atoms with Gasteiger partial charge in [-0.15, -0.1) is 12.4 Å². The Hall–Kier alpha value is -0.280. The number of halogens is 1. The van der Waals surface area contributed by atoms with Crippen LogP contribution in [0.15, 0.2) is 0 Å². The van der Waals surface area contributed by atoms with E-state index in [1.165, 1.54) is 38.5 Å². The predicted octanol–water partition coefficient (Wildman–Crippen LogP) is 2.45. The van der Waals surface area contributed by atoms with Gasteiger partial charge >= 0.3 is 0 Å². The van der Waals surface area contributed by atoms with E-state index >= 15 is 0 Å². The molecule has 1 amide bonds. The summed E-state index contributed by atoms with van der Waals surface area (Å²) in [6.45, 7) is 3.80. The summed E-state index contributed by atoms with van der Waals surface area (Å²) in [5.41, 5.74) is 0.413. The van der Waals surface area contributed by atoms with Gasteiger partial charge in [-0.1, -0.05) is 0 Å². The lowest BCUT2D eigenvalue weighted by Gasteiger charge is -2.57. The van der Waals surface area contributed by atoms with E-state index < -0.39 is 0 Å². The molecule has 20 heavy (non-hydrogen) atoms. The Bertz CT molecular complexity index is 343. The highest BCUT2D eigenvalue weighted by Gasteiger charge is 2.51. The van der Waals surface area contributed by atoms with Gasteiger partial charge in [0.05, 0.1) is 0 Å². The van der Waals surface area contributed by atoms with Crippen molar-refractivity contribution in [1.82, 2.24) is 10.2 Å². The largest absolute Gasteiger partial charge is 0.340 e. The van der Waals surface area contributed by atoms with E-state index in [1.807, 2.05) is 0 Å². The van der Waals surface area contributed by atoms with Crippen LogP contribution in [0.5, 0.6) is 0 Å². The highest BCUT2D eigenvalue weighted by atomic mass is 35.5. The number of nitrogens with one attached hydrogen (secondary N) is 1. The van der Waals surface area contributed by atoms with Gasteiger partial charge in [-0.25, -0.2) is 0 Å². The van der Waals surface area contributed by atoms with E-state index in [4.69, 9.17) is 0 Å². The summed E-state index contributed by atoms with van der Waals surface area (Å²) in [5.74, 6) is 3.33. The molecule has 4 bridgehead atoms. The van der Waals surface area contributed by atoms with Crippen LogP contribution in [0.4, 0.5) is 0 Å². The minimum atomic E-state index is 0. The fourth-order valence-electron chi connectivity index (χ4n) is 5.85. The first-order valence-corrected chi connectivity index (χ1v) is 8.21. The maximum Gasteiger partial charge on any atom is 0.223 e. The molecule has 0 unspecified atom stereocenters. The number of amides is 1. The Kier molecular flexibility index (Phi) is 4.02. The molecule has 1 N–H and O–H groups in total. The van der Waals surface area contributed by atoms with E-state index in [0.29, 0.717) is 11.3 Å². The third kappa shape index (κ3) is 2.59. The van der Waals surface area contributed by atoms with Crippen LogP contribution in [0.2, 0.25) is 0 Å². The summed E-state index contributed by atoms with van der Waals surface area (Å²) in [6.07, 6.45) is 9.35. The Morgan fingerprint density at radius 2 is 1.50 bits per heavy atom. The van der Waals surface area contributed by atoms with Gasteiger partial charge in [0.25, 0.3) is 0 Å². The number of carbonyl (C=O) groups is 1. The van der Waals surface area contributed by atoms with Gasteiger partial charge in [0.15, 0.2) is 0 Å². The van der Waals surface area contributed by atoms with Gasteiger partial charge in [-0.05, 0) is 61.7 Å². The van der Waals surface area contributed by atoms with Crippen molar-refractivity contribution in [3.63, 3.8) is 0 Å². The van der Waals surface area contributed by atoms with Gasteiger partial charge in [0.1, 0.15) is 0 Å². The summed E-state index contributed by atoms with van der Waals surface area (Å²) in [6, 6.07) is 0. The van der Waals surface area contributed by atoms with Crippen LogP contribution in [-0.4, -0.2) is 37.0 Å². The molecule has 1 saturated heterocycles. The molecule has 1 heterocycles. The van der Waals surface area contributed by atoms with Crippen LogP contribution >= 0.6 is 12.4 Å². The molecule has 114 valence electrons. The highest BCUT2D eigenvalue weighted by molar-refractivity contribution is 5.85. The van der Waals surface area contributed by atoms with Crippen molar-refractivity contribution >= 4 is 18.3 Å². The molecule has 0 aromatic carbocycles. The predicted molar refractivity (Wildman–Crippen MR) is 81.9 cm³/mol. The molecule has 0 atom stereocenters. The number of hydrogen-bond donors (Lipinski definition) is 1. The normalized spacial score (nSPS) is 42.4. The average Bonchev–Trinajstić information content (AvgIpc) is 2.37. The minimum Gasteiger partial charge on any atom is -0.340 e. The molecule has 4 aliphatic carbocycles. The number of hydrogen-bond acceptors (Lipinski definition) is 2. The molecule has 3 nitrogen and oxygen atoms in total. The lowest BCUT2D eigenvalue weighted by Crippen LogP contribution is -2.51. The second kappa shape index (κ2) is 5.49. The van der Waals surface area contributed by atoms with E-state index in [1.54, 1.807) is 0 Å². The van der Waals surface area contributed by atoms with E-state index in [9.17, 15) is 4.79 Å². The highest BCUT2D eigenvalue weighted by Crippen LogP contribution is 2.61. The van der Waals surface area contributed by atoms with E-state index in [0.717, 1.165) is 50.4 Å². The zero-order valence-electron chi connectivity index (χ0n) is 12.3. The van der Waals surface area contributed by atoms with Crippen molar-refractivity contribution < 1.29 is 4.79 Å². The minimum absolute atomic E-state index is 0. The smallest absolute Gasteiger partial charge is 0.223 e. The molecule has 0 aromatic rings. The van der Waals surface area contributed by atoms with Gasteiger partial charge < -0.3 is 10.2 Å². The molecular formula is C16H27ClN2O. The molecule has 1 aliphatic heterocycles. The van der Waals surface area contributed by atoms with Crippen LogP contribution < -0.4 is 5.32 Å². The SMILES string of the molecule is Cl.O=C(CC12CC3CC(CC(C3)C1)C2)N1CCNCC1. The third-order valence-electron chi connectivity index (χ3n) is 6.16. The quantitative estimate of drug-likeness (QED) is 0.849. The van der Waals surface area contributed by atoms with Crippen molar-refractivity contribution in [2.24, 2.45) is 23.2 Å². The number of carbonyl (C=O) groups excluding carboxylic acids is 1. The maximum absolute atomic E-state index is 12.6. The van der Waals surface area contributed by atoms with Crippen LogP contribution in [0.1, 0.15) is 44.9 Å². The van der Waals surface area contributed by atoms with Crippen molar-refractivity contribution in [2.45, 2.75) is 44.9 Å². The second-order valence-electron chi connectivity index (χ2n) is 7.73. The number of piperazine rings is 1. The molecule has 0 radical (unpaired) electrons. The van der Waals surface area contributed by atoms with Crippen molar-refractivity contribution in [3.8, 4) is 0 Å². The van der Waals surface area contributed by atoms with Crippen molar-refractivity contribution in [1.29, 1.82) is 0 Å². The first-order valence-electron chi connectivity index (χ1n) is 8.21. The Balaban J connectivity index is 0.00000121. The summed E-state index contributed by atoms with van der Waals surface area (Å²) < 4.78 is 0. The van der Waals surface area contributed by atoms with E-state index in [-0.39, 0.29) is 12.4 Å². The number of nitrogens with zero attached hydrogens (tertiary/aromatic N) is 1. The van der Waals surface area contributed by atoms with Crippen LogP contribution in [0, 0.1) is 23.2 Å².